The van der Waals surface area contributed by atoms with Crippen molar-refractivity contribution in [1.29, 1.82) is 0 Å². The van der Waals surface area contributed by atoms with Crippen molar-refractivity contribution in [3.05, 3.63) is 35.5 Å². The van der Waals surface area contributed by atoms with Crippen molar-refractivity contribution in [2.45, 2.75) is 39.0 Å². The fourth-order valence-electron chi connectivity index (χ4n) is 3.65. The van der Waals surface area contributed by atoms with Gasteiger partial charge >= 0.3 is 0 Å². The van der Waals surface area contributed by atoms with E-state index in [9.17, 15) is 9.59 Å². The van der Waals surface area contributed by atoms with Crippen molar-refractivity contribution >= 4 is 22.7 Å². The molecule has 5 nitrogen and oxygen atoms in total. The highest BCUT2D eigenvalue weighted by atomic mass is 16.2. The number of para-hydroxylation sites is 1. The Morgan fingerprint density at radius 1 is 1.25 bits per heavy atom. The minimum absolute atomic E-state index is 0.0194. The summed E-state index contributed by atoms with van der Waals surface area (Å²) in [6.07, 6.45) is 2.35. The topological polar surface area (TPSA) is 65.2 Å². The predicted octanol–water partition coefficient (Wildman–Crippen LogP) is 2.71. The molecule has 1 fully saturated rings. The highest BCUT2D eigenvalue weighted by molar-refractivity contribution is 5.86. The Hall–Kier alpha value is -2.30. The highest BCUT2D eigenvalue weighted by Gasteiger charge is 2.26. The van der Waals surface area contributed by atoms with E-state index in [0.717, 1.165) is 25.9 Å². The van der Waals surface area contributed by atoms with E-state index in [0.29, 0.717) is 12.3 Å². The zero-order valence-electron chi connectivity index (χ0n) is 14.4. The first-order valence-corrected chi connectivity index (χ1v) is 8.71. The molecule has 128 valence electrons. The SMILES string of the molecule is CCC(=O)NCC(=O)N1CCC(c2c(C)[nH]c3ccccc23)CC1. The molecule has 2 amide bonds. The Kier molecular flexibility index (Phi) is 4.88. The quantitative estimate of drug-likeness (QED) is 0.907. The van der Waals surface area contributed by atoms with Crippen molar-refractivity contribution in [2.24, 2.45) is 0 Å². The second-order valence-corrected chi connectivity index (χ2v) is 6.49. The molecule has 3 rings (SSSR count). The molecule has 0 atom stereocenters. The molecular formula is C19H25N3O2. The number of rotatable bonds is 4. The van der Waals surface area contributed by atoms with Crippen LogP contribution in [0.25, 0.3) is 10.9 Å². The number of hydrogen-bond acceptors (Lipinski definition) is 2. The lowest BCUT2D eigenvalue weighted by molar-refractivity contribution is -0.133. The van der Waals surface area contributed by atoms with Crippen LogP contribution < -0.4 is 5.32 Å². The van der Waals surface area contributed by atoms with E-state index in [1.54, 1.807) is 6.92 Å². The van der Waals surface area contributed by atoms with Gasteiger partial charge in [-0.25, -0.2) is 0 Å². The first-order chi connectivity index (χ1) is 11.6. The Morgan fingerprint density at radius 2 is 1.96 bits per heavy atom. The number of hydrogen-bond donors (Lipinski definition) is 2. The molecule has 1 aliphatic rings. The van der Waals surface area contributed by atoms with Crippen LogP contribution in [0.4, 0.5) is 0 Å². The number of nitrogens with one attached hydrogen (secondary N) is 2. The first kappa shape index (κ1) is 16.6. The number of carbonyl (C=O) groups is 2. The third-order valence-electron chi connectivity index (χ3n) is 4.96. The van der Waals surface area contributed by atoms with Crippen molar-refractivity contribution in [3.8, 4) is 0 Å². The normalized spacial score (nSPS) is 15.7. The molecule has 1 aliphatic heterocycles. The average molecular weight is 327 g/mol. The molecule has 1 aromatic carbocycles. The number of piperidine rings is 1. The summed E-state index contributed by atoms with van der Waals surface area (Å²) in [7, 11) is 0. The molecule has 0 bridgehead atoms. The van der Waals surface area contributed by atoms with Gasteiger partial charge in [-0.1, -0.05) is 25.1 Å². The highest BCUT2D eigenvalue weighted by Crippen LogP contribution is 2.35. The van der Waals surface area contributed by atoms with Gasteiger partial charge in [0, 0.05) is 36.1 Å². The summed E-state index contributed by atoms with van der Waals surface area (Å²) in [5, 5.41) is 3.97. The maximum Gasteiger partial charge on any atom is 0.241 e. The molecule has 0 radical (unpaired) electrons. The van der Waals surface area contributed by atoms with Gasteiger partial charge in [0.2, 0.25) is 11.8 Å². The van der Waals surface area contributed by atoms with Crippen LogP contribution in [0, 0.1) is 6.92 Å². The van der Waals surface area contributed by atoms with Crippen LogP contribution >= 0.6 is 0 Å². The van der Waals surface area contributed by atoms with Crippen LogP contribution in [0.1, 0.15) is 43.4 Å². The van der Waals surface area contributed by atoms with Gasteiger partial charge in [-0.15, -0.1) is 0 Å². The zero-order valence-corrected chi connectivity index (χ0v) is 14.4. The van der Waals surface area contributed by atoms with Gasteiger partial charge in [0.05, 0.1) is 6.54 Å². The number of aromatic amines is 1. The minimum atomic E-state index is -0.0762. The van der Waals surface area contributed by atoms with Crippen LogP contribution in [0.2, 0.25) is 0 Å². The minimum Gasteiger partial charge on any atom is -0.358 e. The van der Waals surface area contributed by atoms with Crippen LogP contribution in [0.15, 0.2) is 24.3 Å². The van der Waals surface area contributed by atoms with Gasteiger partial charge in [-0.2, -0.15) is 0 Å². The van der Waals surface area contributed by atoms with Crippen LogP contribution in [0.5, 0.6) is 0 Å². The van der Waals surface area contributed by atoms with E-state index in [4.69, 9.17) is 0 Å². The third-order valence-corrected chi connectivity index (χ3v) is 4.96. The summed E-state index contributed by atoms with van der Waals surface area (Å²) >= 11 is 0. The first-order valence-electron chi connectivity index (χ1n) is 8.71. The molecule has 2 aromatic rings. The zero-order chi connectivity index (χ0) is 17.1. The van der Waals surface area contributed by atoms with E-state index >= 15 is 0 Å². The van der Waals surface area contributed by atoms with Gasteiger partial charge in [0.15, 0.2) is 0 Å². The largest absolute Gasteiger partial charge is 0.358 e. The molecule has 24 heavy (non-hydrogen) atoms. The van der Waals surface area contributed by atoms with Crippen molar-refractivity contribution in [3.63, 3.8) is 0 Å². The lowest BCUT2D eigenvalue weighted by Crippen LogP contribution is -2.43. The lowest BCUT2D eigenvalue weighted by Gasteiger charge is -2.32. The molecular weight excluding hydrogens is 302 g/mol. The maximum atomic E-state index is 12.2. The summed E-state index contributed by atoms with van der Waals surface area (Å²) < 4.78 is 0. The molecule has 2 heterocycles. The van der Waals surface area contributed by atoms with Crippen LogP contribution in [0.3, 0.4) is 0 Å². The van der Waals surface area contributed by atoms with Gasteiger partial charge in [-0.05, 0) is 37.3 Å². The summed E-state index contributed by atoms with van der Waals surface area (Å²) in [5.41, 5.74) is 3.82. The number of aromatic nitrogens is 1. The van der Waals surface area contributed by atoms with Crippen LogP contribution in [-0.2, 0) is 9.59 Å². The molecule has 0 saturated carbocycles. The number of carbonyl (C=O) groups excluding carboxylic acids is 2. The second kappa shape index (κ2) is 7.07. The Morgan fingerprint density at radius 3 is 2.67 bits per heavy atom. The van der Waals surface area contributed by atoms with E-state index in [1.807, 2.05) is 11.0 Å². The fraction of sp³-hybridized carbons (Fsp3) is 0.474. The summed E-state index contributed by atoms with van der Waals surface area (Å²) in [4.78, 5) is 28.8. The number of amides is 2. The van der Waals surface area contributed by atoms with Crippen molar-refractivity contribution < 1.29 is 9.59 Å². The van der Waals surface area contributed by atoms with Gasteiger partial charge in [-0.3, -0.25) is 9.59 Å². The van der Waals surface area contributed by atoms with E-state index < -0.39 is 0 Å². The monoisotopic (exact) mass is 327 g/mol. The van der Waals surface area contributed by atoms with E-state index in [1.165, 1.54) is 22.2 Å². The molecule has 0 spiro atoms. The average Bonchev–Trinajstić information content (AvgIpc) is 2.95. The summed E-state index contributed by atoms with van der Waals surface area (Å²) in [6, 6.07) is 8.41. The smallest absolute Gasteiger partial charge is 0.241 e. The Bertz CT molecular complexity index is 742. The number of likely N-dealkylation sites (tertiary alicyclic amines) is 1. The number of aryl methyl sites for hydroxylation is 1. The summed E-state index contributed by atoms with van der Waals surface area (Å²) in [5.74, 6) is 0.425. The maximum absolute atomic E-state index is 12.2. The number of H-pyrrole nitrogens is 1. The lowest BCUT2D eigenvalue weighted by atomic mass is 9.87. The van der Waals surface area contributed by atoms with Gasteiger partial charge < -0.3 is 15.2 Å². The molecule has 0 aliphatic carbocycles. The Labute approximate surface area is 142 Å². The number of benzene rings is 1. The van der Waals surface area contributed by atoms with Crippen LogP contribution in [-0.4, -0.2) is 41.3 Å². The molecule has 1 saturated heterocycles. The number of fused-ring (bicyclic) bond motifs is 1. The van der Waals surface area contributed by atoms with E-state index in [2.05, 4.69) is 35.4 Å². The summed E-state index contributed by atoms with van der Waals surface area (Å²) in [6.45, 7) is 5.54. The fourth-order valence-corrected chi connectivity index (χ4v) is 3.65. The number of nitrogens with zero attached hydrogens (tertiary/aromatic N) is 1. The molecule has 0 unspecified atom stereocenters. The third kappa shape index (κ3) is 3.30. The van der Waals surface area contributed by atoms with Crippen molar-refractivity contribution in [1.82, 2.24) is 15.2 Å². The van der Waals surface area contributed by atoms with Gasteiger partial charge in [0.1, 0.15) is 0 Å². The molecule has 2 N–H and O–H groups in total. The van der Waals surface area contributed by atoms with Gasteiger partial charge in [0.25, 0.3) is 0 Å². The Balaban J connectivity index is 1.63. The van der Waals surface area contributed by atoms with Crippen molar-refractivity contribution in [2.75, 3.05) is 19.6 Å². The standard InChI is InChI=1S/C19H25N3O2/c1-3-17(23)20-12-18(24)22-10-8-14(9-11-22)19-13(2)21-16-7-5-4-6-15(16)19/h4-7,14,21H,3,8-12H2,1-2H3,(H,20,23). The molecule has 1 aromatic heterocycles. The molecule has 5 heteroatoms. The predicted molar refractivity (Wildman–Crippen MR) is 94.9 cm³/mol. The van der Waals surface area contributed by atoms with E-state index in [-0.39, 0.29) is 18.4 Å². The second-order valence-electron chi connectivity index (χ2n) is 6.49.